The summed E-state index contributed by atoms with van der Waals surface area (Å²) in [7, 11) is 0. The number of phenols is 1. The van der Waals surface area contributed by atoms with E-state index >= 15 is 0 Å². The molecule has 3 N–H and O–H groups in total. The lowest BCUT2D eigenvalue weighted by Gasteiger charge is -2.13. The predicted molar refractivity (Wildman–Crippen MR) is 52.5 cm³/mol. The SMILES string of the molecule is Cc1ccc(O)cc1[C@@H](N)C1CC1. The average molecular weight is 177 g/mol. The van der Waals surface area contributed by atoms with E-state index in [-0.39, 0.29) is 6.04 Å². The maximum absolute atomic E-state index is 9.33. The number of aryl methyl sites for hydroxylation is 1. The lowest BCUT2D eigenvalue weighted by molar-refractivity contribution is 0.472. The van der Waals surface area contributed by atoms with Gasteiger partial charge in [-0.05, 0) is 48.9 Å². The van der Waals surface area contributed by atoms with Gasteiger partial charge in [0, 0.05) is 6.04 Å². The molecule has 0 saturated heterocycles. The fourth-order valence-corrected chi connectivity index (χ4v) is 1.70. The smallest absolute Gasteiger partial charge is 0.115 e. The molecular formula is C11H15NO. The van der Waals surface area contributed by atoms with Gasteiger partial charge in [-0.3, -0.25) is 0 Å². The van der Waals surface area contributed by atoms with Gasteiger partial charge in [-0.25, -0.2) is 0 Å². The first-order valence-corrected chi connectivity index (χ1v) is 4.73. The first kappa shape index (κ1) is 8.57. The summed E-state index contributed by atoms with van der Waals surface area (Å²) in [6, 6.07) is 5.54. The van der Waals surface area contributed by atoms with Gasteiger partial charge in [0.1, 0.15) is 5.75 Å². The molecule has 13 heavy (non-hydrogen) atoms. The molecule has 0 aromatic heterocycles. The lowest BCUT2D eigenvalue weighted by Crippen LogP contribution is -2.13. The fourth-order valence-electron chi connectivity index (χ4n) is 1.70. The maximum atomic E-state index is 9.33. The first-order valence-electron chi connectivity index (χ1n) is 4.73. The number of rotatable bonds is 2. The Kier molecular flexibility index (Phi) is 2.00. The van der Waals surface area contributed by atoms with Gasteiger partial charge in [0.15, 0.2) is 0 Å². The minimum atomic E-state index is 0.118. The highest BCUT2D eigenvalue weighted by molar-refractivity contribution is 5.36. The van der Waals surface area contributed by atoms with Crippen LogP contribution in [0.3, 0.4) is 0 Å². The topological polar surface area (TPSA) is 46.2 Å². The Balaban J connectivity index is 2.31. The van der Waals surface area contributed by atoms with Crippen LogP contribution >= 0.6 is 0 Å². The molecule has 0 radical (unpaired) electrons. The monoisotopic (exact) mass is 177 g/mol. The summed E-state index contributed by atoms with van der Waals surface area (Å²) in [5.41, 5.74) is 8.34. The van der Waals surface area contributed by atoms with Crippen LogP contribution in [0.4, 0.5) is 0 Å². The summed E-state index contributed by atoms with van der Waals surface area (Å²) in [4.78, 5) is 0. The Labute approximate surface area is 78.4 Å². The highest BCUT2D eigenvalue weighted by Gasteiger charge is 2.30. The van der Waals surface area contributed by atoms with Crippen molar-refractivity contribution in [1.29, 1.82) is 0 Å². The number of nitrogens with two attached hydrogens (primary N) is 1. The number of hydrogen-bond donors (Lipinski definition) is 2. The molecule has 0 heterocycles. The minimum Gasteiger partial charge on any atom is -0.508 e. The van der Waals surface area contributed by atoms with Crippen LogP contribution in [0.1, 0.15) is 30.0 Å². The number of benzene rings is 1. The average Bonchev–Trinajstić information content (AvgIpc) is 2.91. The molecule has 0 spiro atoms. The van der Waals surface area contributed by atoms with Gasteiger partial charge in [0.05, 0.1) is 0 Å². The summed E-state index contributed by atoms with van der Waals surface area (Å²) in [6.07, 6.45) is 2.46. The highest BCUT2D eigenvalue weighted by atomic mass is 16.3. The van der Waals surface area contributed by atoms with E-state index in [9.17, 15) is 5.11 Å². The van der Waals surface area contributed by atoms with Crippen molar-refractivity contribution in [3.63, 3.8) is 0 Å². The Bertz CT molecular complexity index is 318. The van der Waals surface area contributed by atoms with Crippen LogP contribution in [0, 0.1) is 12.8 Å². The van der Waals surface area contributed by atoms with Gasteiger partial charge in [0.25, 0.3) is 0 Å². The minimum absolute atomic E-state index is 0.118. The van der Waals surface area contributed by atoms with Gasteiger partial charge in [-0.2, -0.15) is 0 Å². The number of phenolic OH excluding ortho intramolecular Hbond substituents is 1. The van der Waals surface area contributed by atoms with E-state index in [1.807, 2.05) is 13.0 Å². The van der Waals surface area contributed by atoms with Crippen LogP contribution in [-0.4, -0.2) is 5.11 Å². The summed E-state index contributed by atoms with van der Waals surface area (Å²) in [5.74, 6) is 0.956. The Morgan fingerprint density at radius 1 is 1.46 bits per heavy atom. The quantitative estimate of drug-likeness (QED) is 0.726. The van der Waals surface area contributed by atoms with Gasteiger partial charge in [-0.15, -0.1) is 0 Å². The van der Waals surface area contributed by atoms with E-state index in [4.69, 9.17) is 5.73 Å². The van der Waals surface area contributed by atoms with Crippen LogP contribution in [-0.2, 0) is 0 Å². The summed E-state index contributed by atoms with van der Waals surface area (Å²) in [5, 5.41) is 9.33. The molecule has 2 nitrogen and oxygen atoms in total. The second-order valence-electron chi connectivity index (χ2n) is 3.90. The van der Waals surface area contributed by atoms with Gasteiger partial charge in [0.2, 0.25) is 0 Å². The van der Waals surface area contributed by atoms with E-state index in [1.54, 1.807) is 12.1 Å². The van der Waals surface area contributed by atoms with E-state index in [0.717, 1.165) is 5.56 Å². The third-order valence-electron chi connectivity index (χ3n) is 2.75. The second kappa shape index (κ2) is 3.04. The van der Waals surface area contributed by atoms with Crippen LogP contribution in [0.15, 0.2) is 18.2 Å². The Morgan fingerprint density at radius 2 is 2.15 bits per heavy atom. The van der Waals surface area contributed by atoms with Crippen molar-refractivity contribution in [2.75, 3.05) is 0 Å². The third-order valence-corrected chi connectivity index (χ3v) is 2.75. The standard InChI is InChI=1S/C11H15NO/c1-7-2-5-9(13)6-10(7)11(12)8-3-4-8/h2,5-6,8,11,13H,3-4,12H2,1H3/t11-/m0/s1. The van der Waals surface area contributed by atoms with Crippen molar-refractivity contribution in [3.8, 4) is 5.75 Å². The fraction of sp³-hybridized carbons (Fsp3) is 0.455. The van der Waals surface area contributed by atoms with Crippen LogP contribution in [0.2, 0.25) is 0 Å². The molecule has 1 aromatic rings. The molecule has 70 valence electrons. The normalized spacial score (nSPS) is 18.6. The molecule has 0 bridgehead atoms. The van der Waals surface area contributed by atoms with Gasteiger partial charge in [-0.1, -0.05) is 6.07 Å². The van der Waals surface area contributed by atoms with Crippen molar-refractivity contribution in [1.82, 2.24) is 0 Å². The Hall–Kier alpha value is -1.02. The first-order chi connectivity index (χ1) is 6.18. The molecule has 2 heteroatoms. The lowest BCUT2D eigenvalue weighted by atomic mass is 9.98. The zero-order valence-electron chi connectivity index (χ0n) is 7.83. The molecule has 1 saturated carbocycles. The molecule has 0 amide bonds. The summed E-state index contributed by atoms with van der Waals surface area (Å²) in [6.45, 7) is 2.04. The molecular weight excluding hydrogens is 162 g/mol. The maximum Gasteiger partial charge on any atom is 0.115 e. The van der Waals surface area contributed by atoms with Crippen molar-refractivity contribution >= 4 is 0 Å². The number of aromatic hydroxyl groups is 1. The van der Waals surface area contributed by atoms with E-state index in [0.29, 0.717) is 11.7 Å². The van der Waals surface area contributed by atoms with Crippen molar-refractivity contribution < 1.29 is 5.11 Å². The summed E-state index contributed by atoms with van der Waals surface area (Å²) >= 11 is 0. The van der Waals surface area contributed by atoms with E-state index < -0.39 is 0 Å². The van der Waals surface area contributed by atoms with E-state index in [1.165, 1.54) is 18.4 Å². The van der Waals surface area contributed by atoms with Gasteiger partial charge < -0.3 is 10.8 Å². The molecule has 0 unspecified atom stereocenters. The van der Waals surface area contributed by atoms with Gasteiger partial charge >= 0.3 is 0 Å². The highest BCUT2D eigenvalue weighted by Crippen LogP contribution is 2.40. The molecule has 0 aliphatic heterocycles. The molecule has 1 aliphatic carbocycles. The van der Waals surface area contributed by atoms with Crippen molar-refractivity contribution in [3.05, 3.63) is 29.3 Å². The van der Waals surface area contributed by atoms with Crippen molar-refractivity contribution in [2.24, 2.45) is 11.7 Å². The zero-order valence-corrected chi connectivity index (χ0v) is 7.83. The van der Waals surface area contributed by atoms with Crippen LogP contribution in [0.25, 0.3) is 0 Å². The molecule has 1 aliphatic rings. The summed E-state index contributed by atoms with van der Waals surface area (Å²) < 4.78 is 0. The molecule has 1 aromatic carbocycles. The predicted octanol–water partition coefficient (Wildman–Crippen LogP) is 2.11. The van der Waals surface area contributed by atoms with Crippen LogP contribution in [0.5, 0.6) is 5.75 Å². The number of hydrogen-bond acceptors (Lipinski definition) is 2. The largest absolute Gasteiger partial charge is 0.508 e. The third kappa shape index (κ3) is 1.68. The molecule has 1 fully saturated rings. The zero-order chi connectivity index (χ0) is 9.42. The Morgan fingerprint density at radius 3 is 2.77 bits per heavy atom. The molecule has 2 rings (SSSR count). The van der Waals surface area contributed by atoms with Crippen molar-refractivity contribution in [2.45, 2.75) is 25.8 Å². The van der Waals surface area contributed by atoms with Crippen LogP contribution < -0.4 is 5.73 Å². The second-order valence-corrected chi connectivity index (χ2v) is 3.90. The molecule has 1 atom stereocenters. The van der Waals surface area contributed by atoms with E-state index in [2.05, 4.69) is 0 Å².